The van der Waals surface area contributed by atoms with Crippen LogP contribution in [0, 0.1) is 11.8 Å². The van der Waals surface area contributed by atoms with Crippen LogP contribution in [0.4, 0.5) is 0 Å². The summed E-state index contributed by atoms with van der Waals surface area (Å²) in [5.74, 6) is 2.76. The van der Waals surface area contributed by atoms with Gasteiger partial charge in [0.2, 0.25) is 0 Å². The van der Waals surface area contributed by atoms with Crippen molar-refractivity contribution in [2.45, 2.75) is 64.6 Å². The molecule has 5 heteroatoms. The maximum atomic E-state index is 6.27. The van der Waals surface area contributed by atoms with Crippen molar-refractivity contribution in [3.05, 3.63) is 12.2 Å². The highest BCUT2D eigenvalue weighted by molar-refractivity contribution is 5.00. The van der Waals surface area contributed by atoms with Gasteiger partial charge in [-0.1, -0.05) is 26.7 Å². The van der Waals surface area contributed by atoms with Crippen molar-refractivity contribution in [2.75, 3.05) is 13.1 Å². The molecule has 1 aromatic heterocycles. The Bertz CT molecular complexity index is 469. The zero-order chi connectivity index (χ0) is 14.9. The lowest BCUT2D eigenvalue weighted by Gasteiger charge is -2.45. The number of rotatable bonds is 3. The van der Waals surface area contributed by atoms with Gasteiger partial charge in [0.15, 0.2) is 0 Å². The Morgan fingerprint density at radius 1 is 1.33 bits per heavy atom. The predicted molar refractivity (Wildman–Crippen MR) is 83.6 cm³/mol. The number of hydrogen-bond acceptors (Lipinski definition) is 4. The second kappa shape index (κ2) is 6.05. The van der Waals surface area contributed by atoms with Gasteiger partial charge in [-0.05, 0) is 31.1 Å². The van der Waals surface area contributed by atoms with E-state index in [0.29, 0.717) is 0 Å². The minimum absolute atomic E-state index is 0.181. The van der Waals surface area contributed by atoms with Crippen molar-refractivity contribution < 1.29 is 0 Å². The number of fused-ring (bicyclic) bond motifs is 1. The van der Waals surface area contributed by atoms with E-state index in [4.69, 9.17) is 5.73 Å². The lowest BCUT2D eigenvalue weighted by molar-refractivity contribution is 0.0483. The van der Waals surface area contributed by atoms with E-state index in [0.717, 1.165) is 43.8 Å². The number of nitrogens with zero attached hydrogens (tertiary/aromatic N) is 4. The van der Waals surface area contributed by atoms with E-state index in [1.807, 2.05) is 6.33 Å². The van der Waals surface area contributed by atoms with Gasteiger partial charge in [-0.25, -0.2) is 0 Å². The van der Waals surface area contributed by atoms with Crippen molar-refractivity contribution in [1.29, 1.82) is 0 Å². The molecule has 2 N–H and O–H groups in total. The first-order valence-corrected chi connectivity index (χ1v) is 8.46. The molecule has 3 rings (SSSR count). The fourth-order valence-corrected chi connectivity index (χ4v) is 4.20. The standard InChI is InChI=1S/C16H29N5/c1-13(2)14-4-3-6-16(11-17,7-5-14)21-9-8-20-12-18-19-15(20)10-21/h12-14H,3-11,17H2,1-2H3. The van der Waals surface area contributed by atoms with Gasteiger partial charge in [-0.3, -0.25) is 4.90 Å². The molecule has 0 saturated heterocycles. The Hall–Kier alpha value is -0.940. The highest BCUT2D eigenvalue weighted by Gasteiger charge is 2.39. The van der Waals surface area contributed by atoms with E-state index in [2.05, 4.69) is 33.5 Å². The summed E-state index contributed by atoms with van der Waals surface area (Å²) in [6, 6.07) is 0. The van der Waals surface area contributed by atoms with Crippen LogP contribution in [0.15, 0.2) is 6.33 Å². The van der Waals surface area contributed by atoms with Crippen LogP contribution >= 0.6 is 0 Å². The van der Waals surface area contributed by atoms with Crippen molar-refractivity contribution in [1.82, 2.24) is 19.7 Å². The Labute approximate surface area is 127 Å². The predicted octanol–water partition coefficient (Wildman–Crippen LogP) is 2.03. The third kappa shape index (κ3) is 2.86. The third-order valence-corrected chi connectivity index (χ3v) is 5.83. The molecule has 1 aromatic rings. The van der Waals surface area contributed by atoms with Crippen LogP contribution in [0.1, 0.15) is 51.8 Å². The van der Waals surface area contributed by atoms with Crippen molar-refractivity contribution in [2.24, 2.45) is 17.6 Å². The SMILES string of the molecule is CC(C)C1CCCC(CN)(N2CCn3cnnc3C2)CC1. The van der Waals surface area contributed by atoms with E-state index in [-0.39, 0.29) is 5.54 Å². The molecule has 1 fully saturated rings. The zero-order valence-corrected chi connectivity index (χ0v) is 13.5. The summed E-state index contributed by atoms with van der Waals surface area (Å²) in [5, 5.41) is 8.31. The van der Waals surface area contributed by atoms with Gasteiger partial charge in [-0.15, -0.1) is 10.2 Å². The monoisotopic (exact) mass is 291 g/mol. The van der Waals surface area contributed by atoms with E-state index in [1.54, 1.807) is 0 Å². The number of aromatic nitrogens is 3. The number of nitrogens with two attached hydrogens (primary N) is 1. The summed E-state index contributed by atoms with van der Waals surface area (Å²) in [7, 11) is 0. The van der Waals surface area contributed by atoms with Gasteiger partial charge in [-0.2, -0.15) is 0 Å². The molecule has 0 spiro atoms. The maximum absolute atomic E-state index is 6.27. The van der Waals surface area contributed by atoms with Gasteiger partial charge in [0, 0.05) is 25.2 Å². The molecular formula is C16H29N5. The second-order valence-corrected chi connectivity index (χ2v) is 7.23. The quantitative estimate of drug-likeness (QED) is 0.866. The summed E-state index contributed by atoms with van der Waals surface area (Å²) in [5.41, 5.74) is 6.45. The highest BCUT2D eigenvalue weighted by atomic mass is 15.3. The molecule has 1 aliphatic heterocycles. The molecule has 0 aromatic carbocycles. The molecular weight excluding hydrogens is 262 g/mol. The summed E-state index contributed by atoms with van der Waals surface area (Å²) >= 11 is 0. The molecule has 0 radical (unpaired) electrons. The van der Waals surface area contributed by atoms with E-state index in [9.17, 15) is 0 Å². The fraction of sp³-hybridized carbons (Fsp3) is 0.875. The van der Waals surface area contributed by atoms with Crippen LogP contribution in [0.25, 0.3) is 0 Å². The molecule has 2 unspecified atom stereocenters. The average Bonchev–Trinajstić information content (AvgIpc) is 2.84. The lowest BCUT2D eigenvalue weighted by Crippen LogP contribution is -2.55. The summed E-state index contributed by atoms with van der Waals surface area (Å²) < 4.78 is 2.17. The van der Waals surface area contributed by atoms with E-state index in [1.165, 1.54) is 32.1 Å². The highest BCUT2D eigenvalue weighted by Crippen LogP contribution is 2.38. The molecule has 2 heterocycles. The first-order chi connectivity index (χ1) is 10.1. The smallest absolute Gasteiger partial charge is 0.147 e. The molecule has 1 aliphatic carbocycles. The first kappa shape index (κ1) is 15.0. The van der Waals surface area contributed by atoms with E-state index >= 15 is 0 Å². The molecule has 2 atom stereocenters. The molecule has 0 bridgehead atoms. The normalized spacial score (nSPS) is 31.1. The Kier molecular flexibility index (Phi) is 4.31. The molecule has 118 valence electrons. The van der Waals surface area contributed by atoms with Gasteiger partial charge >= 0.3 is 0 Å². The summed E-state index contributed by atoms with van der Waals surface area (Å²) in [6.45, 7) is 8.48. The average molecular weight is 291 g/mol. The summed E-state index contributed by atoms with van der Waals surface area (Å²) in [4.78, 5) is 2.60. The van der Waals surface area contributed by atoms with Crippen LogP contribution in [-0.2, 0) is 13.1 Å². The van der Waals surface area contributed by atoms with Crippen molar-refractivity contribution >= 4 is 0 Å². The minimum Gasteiger partial charge on any atom is -0.329 e. The Balaban J connectivity index is 1.75. The first-order valence-electron chi connectivity index (χ1n) is 8.46. The summed E-state index contributed by atoms with van der Waals surface area (Å²) in [6.07, 6.45) is 8.32. The topological polar surface area (TPSA) is 60.0 Å². The molecule has 0 amide bonds. The number of hydrogen-bond donors (Lipinski definition) is 1. The zero-order valence-electron chi connectivity index (χ0n) is 13.5. The Morgan fingerprint density at radius 2 is 2.19 bits per heavy atom. The van der Waals surface area contributed by atoms with Crippen LogP contribution < -0.4 is 5.73 Å². The van der Waals surface area contributed by atoms with Gasteiger partial charge < -0.3 is 10.3 Å². The van der Waals surface area contributed by atoms with Crippen LogP contribution in [0.5, 0.6) is 0 Å². The van der Waals surface area contributed by atoms with Crippen LogP contribution in [0.3, 0.4) is 0 Å². The third-order valence-electron chi connectivity index (χ3n) is 5.83. The lowest BCUT2D eigenvalue weighted by atomic mass is 9.85. The molecule has 21 heavy (non-hydrogen) atoms. The van der Waals surface area contributed by atoms with Gasteiger partial charge in [0.1, 0.15) is 12.2 Å². The Morgan fingerprint density at radius 3 is 2.95 bits per heavy atom. The van der Waals surface area contributed by atoms with Crippen LogP contribution in [-0.4, -0.2) is 38.3 Å². The van der Waals surface area contributed by atoms with Gasteiger partial charge in [0.05, 0.1) is 6.54 Å². The molecule has 1 saturated carbocycles. The van der Waals surface area contributed by atoms with Crippen molar-refractivity contribution in [3.8, 4) is 0 Å². The molecule has 2 aliphatic rings. The van der Waals surface area contributed by atoms with E-state index < -0.39 is 0 Å². The molecule has 5 nitrogen and oxygen atoms in total. The van der Waals surface area contributed by atoms with Crippen LogP contribution in [0.2, 0.25) is 0 Å². The fourth-order valence-electron chi connectivity index (χ4n) is 4.20. The van der Waals surface area contributed by atoms with Crippen molar-refractivity contribution in [3.63, 3.8) is 0 Å². The second-order valence-electron chi connectivity index (χ2n) is 7.23. The van der Waals surface area contributed by atoms with Gasteiger partial charge in [0.25, 0.3) is 0 Å². The maximum Gasteiger partial charge on any atom is 0.147 e. The minimum atomic E-state index is 0.181. The largest absolute Gasteiger partial charge is 0.329 e.